The summed E-state index contributed by atoms with van der Waals surface area (Å²) in [5.74, 6) is 0.793. The van der Waals surface area contributed by atoms with Gasteiger partial charge >= 0.3 is 0 Å². The first-order valence-corrected chi connectivity index (χ1v) is 6.49. The first kappa shape index (κ1) is 13.2. The maximum atomic E-state index is 3.65. The van der Waals surface area contributed by atoms with Crippen LogP contribution in [0.5, 0.6) is 0 Å². The van der Waals surface area contributed by atoms with Crippen molar-refractivity contribution in [2.24, 2.45) is 5.92 Å². The average Bonchev–Trinajstić information content (AvgIpc) is 2.28. The second-order valence-corrected chi connectivity index (χ2v) is 4.93. The minimum absolute atomic E-state index is 0.626. The Balaban J connectivity index is 2.32. The van der Waals surface area contributed by atoms with Gasteiger partial charge < -0.3 is 5.32 Å². The Kier molecular flexibility index (Phi) is 6.17. The third-order valence-electron chi connectivity index (χ3n) is 2.97. The predicted octanol–water partition coefficient (Wildman–Crippen LogP) is 3.64. The van der Waals surface area contributed by atoms with Crippen LogP contribution < -0.4 is 5.32 Å². The molecule has 0 radical (unpaired) electrons. The molecule has 0 spiro atoms. The van der Waals surface area contributed by atoms with E-state index in [2.05, 4.69) is 56.4 Å². The Bertz CT molecular complexity index is 266. The van der Waals surface area contributed by atoms with Gasteiger partial charge in [0.2, 0.25) is 0 Å². The molecule has 0 aliphatic carbocycles. The molecule has 1 unspecified atom stereocenters. The Morgan fingerprint density at radius 3 is 2.38 bits per heavy atom. The third-order valence-corrected chi connectivity index (χ3v) is 2.97. The van der Waals surface area contributed by atoms with Gasteiger partial charge in [0.1, 0.15) is 0 Å². The van der Waals surface area contributed by atoms with E-state index in [1.807, 2.05) is 0 Å². The van der Waals surface area contributed by atoms with E-state index in [0.29, 0.717) is 6.04 Å². The lowest BCUT2D eigenvalue weighted by atomic mass is 10.0. The van der Waals surface area contributed by atoms with E-state index in [1.165, 1.54) is 18.4 Å². The zero-order chi connectivity index (χ0) is 11.8. The van der Waals surface area contributed by atoms with Gasteiger partial charge in [0.05, 0.1) is 0 Å². The minimum Gasteiger partial charge on any atom is -0.314 e. The Labute approximate surface area is 100 Å². The Hall–Kier alpha value is -0.820. The predicted molar refractivity (Wildman–Crippen MR) is 71.7 cm³/mol. The van der Waals surface area contributed by atoms with Crippen LogP contribution in [0.1, 0.15) is 39.2 Å². The molecule has 1 aromatic carbocycles. The zero-order valence-electron chi connectivity index (χ0n) is 10.9. The number of nitrogens with one attached hydrogen (secondary N) is 1. The highest BCUT2D eigenvalue weighted by Crippen LogP contribution is 2.06. The fraction of sp³-hybridized carbons (Fsp3) is 0.600. The molecule has 1 nitrogen and oxygen atoms in total. The quantitative estimate of drug-likeness (QED) is 0.738. The van der Waals surface area contributed by atoms with Crippen molar-refractivity contribution in [3.63, 3.8) is 0 Å². The minimum atomic E-state index is 0.626. The molecule has 16 heavy (non-hydrogen) atoms. The first-order valence-electron chi connectivity index (χ1n) is 6.49. The Morgan fingerprint density at radius 1 is 1.12 bits per heavy atom. The summed E-state index contributed by atoms with van der Waals surface area (Å²) in [5, 5.41) is 3.65. The van der Waals surface area contributed by atoms with Crippen molar-refractivity contribution in [3.8, 4) is 0 Å². The largest absolute Gasteiger partial charge is 0.314 e. The second kappa shape index (κ2) is 7.45. The molecule has 0 amide bonds. The summed E-state index contributed by atoms with van der Waals surface area (Å²) in [5.41, 5.74) is 1.44. The van der Waals surface area contributed by atoms with Crippen LogP contribution in [-0.2, 0) is 6.42 Å². The summed E-state index contributed by atoms with van der Waals surface area (Å²) in [4.78, 5) is 0. The molecule has 0 saturated carbocycles. The Morgan fingerprint density at radius 2 is 1.81 bits per heavy atom. The molecule has 1 rings (SSSR count). The highest BCUT2D eigenvalue weighted by atomic mass is 14.9. The molecule has 1 atom stereocenters. The molecule has 0 bridgehead atoms. The summed E-state index contributed by atoms with van der Waals surface area (Å²) in [6, 6.07) is 11.4. The molecule has 0 aromatic heterocycles. The van der Waals surface area contributed by atoms with Gasteiger partial charge in [-0.05, 0) is 37.3 Å². The van der Waals surface area contributed by atoms with Crippen LogP contribution in [0.3, 0.4) is 0 Å². The summed E-state index contributed by atoms with van der Waals surface area (Å²) < 4.78 is 0. The van der Waals surface area contributed by atoms with Crippen molar-refractivity contribution in [1.82, 2.24) is 5.32 Å². The van der Waals surface area contributed by atoms with Crippen molar-refractivity contribution >= 4 is 0 Å². The highest BCUT2D eigenvalue weighted by Gasteiger charge is 2.06. The van der Waals surface area contributed by atoms with Crippen LogP contribution in [-0.4, -0.2) is 12.6 Å². The van der Waals surface area contributed by atoms with E-state index in [0.717, 1.165) is 18.9 Å². The average molecular weight is 219 g/mol. The van der Waals surface area contributed by atoms with Crippen LogP contribution in [0.25, 0.3) is 0 Å². The van der Waals surface area contributed by atoms with Gasteiger partial charge in [-0.1, -0.05) is 51.1 Å². The van der Waals surface area contributed by atoms with Crippen molar-refractivity contribution in [2.45, 2.75) is 46.1 Å². The lowest BCUT2D eigenvalue weighted by molar-refractivity contribution is 0.456. The molecule has 0 fully saturated rings. The smallest absolute Gasteiger partial charge is 0.0105 e. The molecule has 1 aromatic rings. The summed E-state index contributed by atoms with van der Waals surface area (Å²) in [7, 11) is 0. The lowest BCUT2D eigenvalue weighted by Gasteiger charge is -2.17. The maximum Gasteiger partial charge on any atom is 0.0105 e. The van der Waals surface area contributed by atoms with Crippen LogP contribution in [0.2, 0.25) is 0 Å². The van der Waals surface area contributed by atoms with E-state index in [4.69, 9.17) is 0 Å². The molecule has 1 heteroatoms. The molecular formula is C15H25N. The summed E-state index contributed by atoms with van der Waals surface area (Å²) >= 11 is 0. The van der Waals surface area contributed by atoms with Crippen molar-refractivity contribution in [1.29, 1.82) is 0 Å². The van der Waals surface area contributed by atoms with Gasteiger partial charge in [-0.2, -0.15) is 0 Å². The highest BCUT2D eigenvalue weighted by molar-refractivity contribution is 5.15. The monoisotopic (exact) mass is 219 g/mol. The van der Waals surface area contributed by atoms with Gasteiger partial charge in [-0.25, -0.2) is 0 Å². The molecule has 0 aliphatic heterocycles. The fourth-order valence-corrected chi connectivity index (χ4v) is 1.84. The zero-order valence-corrected chi connectivity index (χ0v) is 10.9. The number of rotatable bonds is 7. The van der Waals surface area contributed by atoms with Crippen molar-refractivity contribution in [3.05, 3.63) is 35.9 Å². The molecular weight excluding hydrogens is 194 g/mol. The molecule has 0 heterocycles. The standard InChI is InChI=1S/C15H25N/c1-4-15(16-11-10-13(2)3)12-14-8-6-5-7-9-14/h5-9,13,15-16H,4,10-12H2,1-3H3. The second-order valence-electron chi connectivity index (χ2n) is 4.93. The van der Waals surface area contributed by atoms with Gasteiger partial charge in [0.15, 0.2) is 0 Å². The van der Waals surface area contributed by atoms with Gasteiger partial charge in [-0.15, -0.1) is 0 Å². The normalized spacial score (nSPS) is 13.0. The van der Waals surface area contributed by atoms with E-state index in [-0.39, 0.29) is 0 Å². The van der Waals surface area contributed by atoms with E-state index >= 15 is 0 Å². The molecule has 90 valence electrons. The lowest BCUT2D eigenvalue weighted by Crippen LogP contribution is -2.31. The van der Waals surface area contributed by atoms with Crippen LogP contribution in [0.15, 0.2) is 30.3 Å². The topological polar surface area (TPSA) is 12.0 Å². The van der Waals surface area contributed by atoms with E-state index in [1.54, 1.807) is 0 Å². The molecule has 0 aliphatic rings. The number of benzene rings is 1. The molecule has 1 N–H and O–H groups in total. The van der Waals surface area contributed by atoms with Crippen molar-refractivity contribution < 1.29 is 0 Å². The third kappa shape index (κ3) is 5.32. The maximum absolute atomic E-state index is 3.65. The SMILES string of the molecule is CCC(Cc1ccccc1)NCCC(C)C. The van der Waals surface area contributed by atoms with Crippen LogP contribution in [0.4, 0.5) is 0 Å². The first-order chi connectivity index (χ1) is 7.72. The fourth-order valence-electron chi connectivity index (χ4n) is 1.84. The number of hydrogen-bond donors (Lipinski definition) is 1. The van der Waals surface area contributed by atoms with E-state index in [9.17, 15) is 0 Å². The van der Waals surface area contributed by atoms with Crippen molar-refractivity contribution in [2.75, 3.05) is 6.54 Å². The van der Waals surface area contributed by atoms with Gasteiger partial charge in [0, 0.05) is 6.04 Å². The van der Waals surface area contributed by atoms with Gasteiger partial charge in [-0.3, -0.25) is 0 Å². The number of hydrogen-bond acceptors (Lipinski definition) is 1. The van der Waals surface area contributed by atoms with Crippen LogP contribution in [0, 0.1) is 5.92 Å². The summed E-state index contributed by atoms with van der Waals surface area (Å²) in [6.45, 7) is 7.96. The van der Waals surface area contributed by atoms with Crippen LogP contribution >= 0.6 is 0 Å². The van der Waals surface area contributed by atoms with E-state index < -0.39 is 0 Å². The summed E-state index contributed by atoms with van der Waals surface area (Å²) in [6.07, 6.45) is 3.62. The van der Waals surface area contributed by atoms with Gasteiger partial charge in [0.25, 0.3) is 0 Å². The molecule has 0 saturated heterocycles.